The Morgan fingerprint density at radius 3 is 2.15 bits per heavy atom. The van der Waals surface area contributed by atoms with Crippen LogP contribution >= 0.6 is 0 Å². The van der Waals surface area contributed by atoms with Crippen molar-refractivity contribution < 1.29 is 8.81 Å². The van der Waals surface area contributed by atoms with Crippen LogP contribution in [0.1, 0.15) is 49.9 Å². The minimum absolute atomic E-state index is 0.112. The molecule has 0 aliphatic carbocycles. The van der Waals surface area contributed by atoms with E-state index in [9.17, 15) is 4.39 Å². The molecule has 0 aliphatic heterocycles. The molecule has 1 aromatic heterocycles. The minimum atomic E-state index is -0.203. The summed E-state index contributed by atoms with van der Waals surface area (Å²) in [7, 11) is 0. The van der Waals surface area contributed by atoms with Crippen LogP contribution in [0.5, 0.6) is 0 Å². The molecule has 3 heteroatoms. The van der Waals surface area contributed by atoms with E-state index < -0.39 is 0 Å². The first-order valence-electron chi connectivity index (χ1n) is 7.05. The molecule has 20 heavy (non-hydrogen) atoms. The highest BCUT2D eigenvalue weighted by atomic mass is 19.1. The third-order valence-corrected chi connectivity index (χ3v) is 3.51. The Morgan fingerprint density at radius 2 is 1.65 bits per heavy atom. The monoisotopic (exact) mass is 275 g/mol. The van der Waals surface area contributed by atoms with Gasteiger partial charge in [0.25, 0.3) is 0 Å². The van der Waals surface area contributed by atoms with Crippen LogP contribution in [0.2, 0.25) is 0 Å². The second kappa shape index (κ2) is 6.23. The highest BCUT2D eigenvalue weighted by Gasteiger charge is 2.20. The third kappa shape index (κ3) is 3.48. The molecule has 2 atom stereocenters. The minimum Gasteiger partial charge on any atom is -0.465 e. The van der Waals surface area contributed by atoms with E-state index in [1.165, 1.54) is 12.1 Å². The van der Waals surface area contributed by atoms with E-state index >= 15 is 0 Å². The summed E-state index contributed by atoms with van der Waals surface area (Å²) in [5.41, 5.74) is 1.09. The molecule has 0 spiro atoms. The lowest BCUT2D eigenvalue weighted by molar-refractivity contribution is 0.336. The first-order chi connectivity index (χ1) is 9.47. The molecule has 0 saturated heterocycles. The molecule has 1 aromatic carbocycles. The molecule has 1 N–H and O–H groups in total. The zero-order valence-corrected chi connectivity index (χ0v) is 12.5. The number of hydrogen-bond donors (Lipinski definition) is 1. The number of nitrogens with one attached hydrogen (secondary N) is 1. The van der Waals surface area contributed by atoms with Crippen LogP contribution in [0, 0.1) is 18.7 Å². The predicted molar refractivity (Wildman–Crippen MR) is 79.0 cm³/mol. The summed E-state index contributed by atoms with van der Waals surface area (Å²) in [6.07, 6.45) is 0. The average molecular weight is 275 g/mol. The van der Waals surface area contributed by atoms with Gasteiger partial charge in [-0.1, -0.05) is 26.0 Å². The molecule has 0 bridgehead atoms. The van der Waals surface area contributed by atoms with E-state index in [0.717, 1.165) is 17.1 Å². The molecule has 108 valence electrons. The highest BCUT2D eigenvalue weighted by molar-refractivity contribution is 5.21. The second-order valence-electron chi connectivity index (χ2n) is 5.61. The van der Waals surface area contributed by atoms with E-state index in [-0.39, 0.29) is 17.9 Å². The molecule has 0 radical (unpaired) electrons. The van der Waals surface area contributed by atoms with Gasteiger partial charge in [-0.3, -0.25) is 0 Å². The zero-order chi connectivity index (χ0) is 14.7. The predicted octanol–water partition coefficient (Wildman–Crippen LogP) is 4.78. The molecule has 1 heterocycles. The number of halogens is 1. The standard InChI is InChI=1S/C17H22FNO/c1-11(2)17(14-6-8-15(18)9-7-14)19-13(4)16-10-5-12(3)20-16/h5-11,13,17,19H,1-4H3. The first-order valence-corrected chi connectivity index (χ1v) is 7.05. The lowest BCUT2D eigenvalue weighted by atomic mass is 9.95. The highest BCUT2D eigenvalue weighted by Crippen LogP contribution is 2.26. The smallest absolute Gasteiger partial charge is 0.123 e. The van der Waals surface area contributed by atoms with E-state index in [2.05, 4.69) is 26.1 Å². The van der Waals surface area contributed by atoms with Crippen LogP contribution in [-0.2, 0) is 0 Å². The second-order valence-corrected chi connectivity index (χ2v) is 5.61. The summed E-state index contributed by atoms with van der Waals surface area (Å²) >= 11 is 0. The van der Waals surface area contributed by atoms with Gasteiger partial charge >= 0.3 is 0 Å². The van der Waals surface area contributed by atoms with E-state index in [1.54, 1.807) is 0 Å². The fraction of sp³-hybridized carbons (Fsp3) is 0.412. The van der Waals surface area contributed by atoms with Gasteiger partial charge in [0.1, 0.15) is 17.3 Å². The molecule has 2 unspecified atom stereocenters. The Balaban J connectivity index is 2.15. The van der Waals surface area contributed by atoms with Crippen molar-refractivity contribution in [3.63, 3.8) is 0 Å². The van der Waals surface area contributed by atoms with Crippen molar-refractivity contribution in [3.05, 3.63) is 59.3 Å². The zero-order valence-electron chi connectivity index (χ0n) is 12.5. The Morgan fingerprint density at radius 1 is 1.00 bits per heavy atom. The Bertz CT molecular complexity index is 544. The molecular weight excluding hydrogens is 253 g/mol. The molecule has 0 aliphatic rings. The van der Waals surface area contributed by atoms with Crippen molar-refractivity contribution in [1.82, 2.24) is 5.32 Å². The lowest BCUT2D eigenvalue weighted by Gasteiger charge is -2.26. The number of benzene rings is 1. The maximum absolute atomic E-state index is 13.0. The summed E-state index contributed by atoms with van der Waals surface area (Å²) in [5, 5.41) is 3.57. The molecular formula is C17H22FNO. The van der Waals surface area contributed by atoms with Gasteiger partial charge in [0, 0.05) is 6.04 Å². The van der Waals surface area contributed by atoms with Gasteiger partial charge in [-0.15, -0.1) is 0 Å². The van der Waals surface area contributed by atoms with Gasteiger partial charge in [-0.2, -0.15) is 0 Å². The summed E-state index contributed by atoms with van der Waals surface area (Å²) in [6.45, 7) is 8.33. The van der Waals surface area contributed by atoms with Gasteiger partial charge in [-0.25, -0.2) is 4.39 Å². The Kier molecular flexibility index (Phi) is 4.61. The molecule has 2 aromatic rings. The van der Waals surface area contributed by atoms with Gasteiger partial charge < -0.3 is 9.73 Å². The average Bonchev–Trinajstić information content (AvgIpc) is 2.83. The largest absolute Gasteiger partial charge is 0.465 e. The van der Waals surface area contributed by atoms with Crippen LogP contribution in [0.15, 0.2) is 40.8 Å². The topological polar surface area (TPSA) is 25.2 Å². The van der Waals surface area contributed by atoms with E-state index in [4.69, 9.17) is 4.42 Å². The van der Waals surface area contributed by atoms with E-state index in [0.29, 0.717) is 5.92 Å². The quantitative estimate of drug-likeness (QED) is 0.850. The van der Waals surface area contributed by atoms with Crippen molar-refractivity contribution >= 4 is 0 Å². The summed E-state index contributed by atoms with van der Waals surface area (Å²) in [4.78, 5) is 0. The first kappa shape index (κ1) is 14.8. The van der Waals surface area contributed by atoms with Gasteiger partial charge in [0.05, 0.1) is 6.04 Å². The lowest BCUT2D eigenvalue weighted by Crippen LogP contribution is -2.28. The normalized spacial score (nSPS) is 14.5. The SMILES string of the molecule is Cc1ccc(C(C)NC(c2ccc(F)cc2)C(C)C)o1. The van der Waals surface area contributed by atoms with Crippen molar-refractivity contribution in [2.24, 2.45) is 5.92 Å². The summed E-state index contributed by atoms with van der Waals surface area (Å²) < 4.78 is 18.7. The third-order valence-electron chi connectivity index (χ3n) is 3.51. The van der Waals surface area contributed by atoms with Crippen LogP contribution in [0.4, 0.5) is 4.39 Å². The number of rotatable bonds is 5. The van der Waals surface area contributed by atoms with Crippen molar-refractivity contribution in [3.8, 4) is 0 Å². The van der Waals surface area contributed by atoms with Crippen molar-refractivity contribution in [1.29, 1.82) is 0 Å². The van der Waals surface area contributed by atoms with Gasteiger partial charge in [-0.05, 0) is 49.6 Å². The fourth-order valence-corrected chi connectivity index (χ4v) is 2.38. The van der Waals surface area contributed by atoms with Crippen LogP contribution in [-0.4, -0.2) is 0 Å². The summed E-state index contributed by atoms with van der Waals surface area (Å²) in [6, 6.07) is 10.9. The maximum atomic E-state index is 13.0. The summed E-state index contributed by atoms with van der Waals surface area (Å²) in [5.74, 6) is 2.04. The molecule has 0 saturated carbocycles. The fourth-order valence-electron chi connectivity index (χ4n) is 2.38. The maximum Gasteiger partial charge on any atom is 0.123 e. The Hall–Kier alpha value is -1.61. The number of furan rings is 1. The van der Waals surface area contributed by atoms with Crippen LogP contribution in [0.25, 0.3) is 0 Å². The Labute approximate surface area is 120 Å². The number of hydrogen-bond acceptors (Lipinski definition) is 2. The molecule has 2 rings (SSSR count). The molecule has 2 nitrogen and oxygen atoms in total. The van der Waals surface area contributed by atoms with Crippen molar-refractivity contribution in [2.75, 3.05) is 0 Å². The van der Waals surface area contributed by atoms with Gasteiger partial charge in [0.2, 0.25) is 0 Å². The van der Waals surface area contributed by atoms with Crippen LogP contribution < -0.4 is 5.32 Å². The van der Waals surface area contributed by atoms with E-state index in [1.807, 2.05) is 31.2 Å². The molecule has 0 amide bonds. The van der Waals surface area contributed by atoms with Gasteiger partial charge in [0.15, 0.2) is 0 Å². The molecule has 0 fully saturated rings. The van der Waals surface area contributed by atoms with Crippen LogP contribution in [0.3, 0.4) is 0 Å². The number of aryl methyl sites for hydroxylation is 1. The van der Waals surface area contributed by atoms with Crippen molar-refractivity contribution in [2.45, 2.75) is 39.8 Å².